The molecule has 8 rings (SSSR count). The van der Waals surface area contributed by atoms with E-state index in [1.54, 1.807) is 0 Å². The van der Waals surface area contributed by atoms with E-state index in [2.05, 4.69) is 97.1 Å². The second-order valence-corrected chi connectivity index (χ2v) is 8.56. The zero-order valence-corrected chi connectivity index (χ0v) is 16.2. The zero-order chi connectivity index (χ0) is 19.4. The first kappa shape index (κ1) is 15.0. The van der Waals surface area contributed by atoms with Crippen LogP contribution in [0.25, 0.3) is 75.4 Å². The highest BCUT2D eigenvalue weighted by Crippen LogP contribution is 2.45. The Bertz CT molecular complexity index is 1940. The molecule has 0 nitrogen and oxygen atoms in total. The Hall–Kier alpha value is -3.90. The third kappa shape index (κ3) is 1.66. The van der Waals surface area contributed by atoms with Crippen LogP contribution in [0.15, 0.2) is 97.1 Å². The minimum atomic E-state index is 1.30. The maximum atomic E-state index is 2.41. The summed E-state index contributed by atoms with van der Waals surface area (Å²) >= 11 is 0. The van der Waals surface area contributed by atoms with Gasteiger partial charge in [0.05, 0.1) is 0 Å². The molecule has 0 unspecified atom stereocenters. The maximum Gasteiger partial charge on any atom is -0.00139 e. The van der Waals surface area contributed by atoms with E-state index in [-0.39, 0.29) is 0 Å². The van der Waals surface area contributed by atoms with Crippen molar-refractivity contribution in [2.75, 3.05) is 0 Å². The van der Waals surface area contributed by atoms with Crippen molar-refractivity contribution in [3.8, 4) is 0 Å². The molecule has 0 fully saturated rings. The molecule has 136 valence electrons. The van der Waals surface area contributed by atoms with E-state index in [9.17, 15) is 0 Å². The third-order valence-corrected chi connectivity index (χ3v) is 7.07. The summed E-state index contributed by atoms with van der Waals surface area (Å²) in [6.07, 6.45) is 0. The number of hydrogen-bond donors (Lipinski definition) is 0. The quantitative estimate of drug-likeness (QED) is 0.183. The van der Waals surface area contributed by atoms with Crippen LogP contribution in [0.5, 0.6) is 0 Å². The lowest BCUT2D eigenvalue weighted by Crippen LogP contribution is -1.90. The predicted molar refractivity (Wildman–Crippen MR) is 131 cm³/mol. The van der Waals surface area contributed by atoms with Crippen LogP contribution in [-0.2, 0) is 0 Å². The Labute approximate surface area is 172 Å². The summed E-state index contributed by atoms with van der Waals surface area (Å²) in [4.78, 5) is 0. The molecular weight excluding hydrogens is 360 g/mol. The number of rotatable bonds is 0. The smallest absolute Gasteiger partial charge is 0.00139 e. The Kier molecular flexibility index (Phi) is 2.49. The van der Waals surface area contributed by atoms with Crippen LogP contribution < -0.4 is 0 Å². The van der Waals surface area contributed by atoms with Crippen LogP contribution >= 0.6 is 0 Å². The monoisotopic (exact) mass is 376 g/mol. The Balaban J connectivity index is 1.74. The molecule has 0 N–H and O–H groups in total. The van der Waals surface area contributed by atoms with Gasteiger partial charge in [0.2, 0.25) is 0 Å². The molecule has 0 saturated carbocycles. The van der Waals surface area contributed by atoms with Gasteiger partial charge in [0, 0.05) is 0 Å². The van der Waals surface area contributed by atoms with E-state index in [0.717, 1.165) is 0 Å². The predicted octanol–water partition coefficient (Wildman–Crippen LogP) is 8.63. The average Bonchev–Trinajstić information content (AvgIpc) is 2.80. The summed E-state index contributed by atoms with van der Waals surface area (Å²) in [6, 6.07) is 36.3. The van der Waals surface area contributed by atoms with Crippen LogP contribution in [0.2, 0.25) is 0 Å². The fourth-order valence-corrected chi connectivity index (χ4v) is 5.83. The normalized spacial score (nSPS) is 12.7. The lowest BCUT2D eigenvalue weighted by atomic mass is 9.85. The Morgan fingerprint density at radius 1 is 0.267 bits per heavy atom. The molecule has 0 saturated heterocycles. The van der Waals surface area contributed by atoms with Gasteiger partial charge in [-0.05, 0) is 93.6 Å². The molecule has 0 radical (unpaired) electrons. The van der Waals surface area contributed by atoms with Crippen LogP contribution in [0.1, 0.15) is 0 Å². The molecule has 0 aromatic heterocycles. The fraction of sp³-hybridized carbons (Fsp3) is 0. The molecule has 0 spiro atoms. The summed E-state index contributed by atoms with van der Waals surface area (Å²) in [5, 5.41) is 19.0. The van der Waals surface area contributed by atoms with E-state index >= 15 is 0 Å². The molecule has 0 aliphatic rings. The van der Waals surface area contributed by atoms with Gasteiger partial charge in [-0.25, -0.2) is 0 Å². The molecule has 0 heterocycles. The number of hydrogen-bond acceptors (Lipinski definition) is 0. The van der Waals surface area contributed by atoms with E-state index in [4.69, 9.17) is 0 Å². The minimum absolute atomic E-state index is 1.30. The number of benzene rings is 8. The van der Waals surface area contributed by atoms with Crippen molar-refractivity contribution < 1.29 is 0 Å². The van der Waals surface area contributed by atoms with E-state index < -0.39 is 0 Å². The highest BCUT2D eigenvalue weighted by atomic mass is 14.2. The van der Waals surface area contributed by atoms with Gasteiger partial charge >= 0.3 is 0 Å². The van der Waals surface area contributed by atoms with Crippen molar-refractivity contribution in [3.05, 3.63) is 97.1 Å². The molecule has 0 heteroatoms. The second kappa shape index (κ2) is 4.98. The first-order valence-electron chi connectivity index (χ1n) is 10.5. The van der Waals surface area contributed by atoms with Gasteiger partial charge in [0.25, 0.3) is 0 Å². The lowest BCUT2D eigenvalue weighted by molar-refractivity contribution is 1.79. The molecule has 0 amide bonds. The van der Waals surface area contributed by atoms with Gasteiger partial charge in [-0.2, -0.15) is 0 Å². The molecule has 0 aliphatic carbocycles. The van der Waals surface area contributed by atoms with Crippen molar-refractivity contribution in [1.29, 1.82) is 0 Å². The van der Waals surface area contributed by atoms with Gasteiger partial charge in [-0.15, -0.1) is 0 Å². The van der Waals surface area contributed by atoms with Crippen LogP contribution in [0.3, 0.4) is 0 Å². The first-order valence-corrected chi connectivity index (χ1v) is 10.5. The molecule has 0 aliphatic heterocycles. The van der Waals surface area contributed by atoms with Crippen molar-refractivity contribution in [2.24, 2.45) is 0 Å². The third-order valence-electron chi connectivity index (χ3n) is 7.07. The summed E-state index contributed by atoms with van der Waals surface area (Å²) < 4.78 is 0. The van der Waals surface area contributed by atoms with Crippen molar-refractivity contribution in [3.63, 3.8) is 0 Å². The lowest BCUT2D eigenvalue weighted by Gasteiger charge is -2.18. The largest absolute Gasteiger partial charge is 0.0616 e. The molecule has 0 atom stereocenters. The van der Waals surface area contributed by atoms with Gasteiger partial charge in [0.15, 0.2) is 0 Å². The standard InChI is InChI=1S/C30H16/c1-2-7-23-17(4-1)10-12-24-25-13-11-21-14-19-6-3-5-18-8-9-20-15-22(16-26(23)24)28(25)30(21)29(20)27(18)19/h1-16H. The highest BCUT2D eigenvalue weighted by Gasteiger charge is 2.17. The highest BCUT2D eigenvalue weighted by molar-refractivity contribution is 6.39. The molecule has 8 aromatic rings. The van der Waals surface area contributed by atoms with Crippen molar-refractivity contribution >= 4 is 75.4 Å². The first-order chi connectivity index (χ1) is 14.9. The van der Waals surface area contributed by atoms with Gasteiger partial charge < -0.3 is 0 Å². The van der Waals surface area contributed by atoms with Gasteiger partial charge in [0.1, 0.15) is 0 Å². The summed E-state index contributed by atoms with van der Waals surface area (Å²) in [6.45, 7) is 0. The molecule has 0 bridgehead atoms. The fourth-order valence-electron chi connectivity index (χ4n) is 5.83. The zero-order valence-electron chi connectivity index (χ0n) is 16.2. The second-order valence-electron chi connectivity index (χ2n) is 8.56. The summed E-state index contributed by atoms with van der Waals surface area (Å²) in [5.74, 6) is 0. The van der Waals surface area contributed by atoms with Gasteiger partial charge in [-0.3, -0.25) is 0 Å². The summed E-state index contributed by atoms with van der Waals surface area (Å²) in [7, 11) is 0. The summed E-state index contributed by atoms with van der Waals surface area (Å²) in [5.41, 5.74) is 0. The SMILES string of the molecule is c1ccc2c(c1)ccc1c2cc2cc3ccc4cccc5cc6ccc1c2c6c3c45. The Morgan fingerprint density at radius 3 is 1.87 bits per heavy atom. The molecular formula is C30H16. The topological polar surface area (TPSA) is 0 Å². The van der Waals surface area contributed by atoms with E-state index in [1.807, 2.05) is 0 Å². The Morgan fingerprint density at radius 2 is 0.900 bits per heavy atom. The van der Waals surface area contributed by atoms with Crippen LogP contribution in [-0.4, -0.2) is 0 Å². The molecule has 30 heavy (non-hydrogen) atoms. The maximum absolute atomic E-state index is 2.41. The number of fused-ring (bicyclic) bond motifs is 4. The minimum Gasteiger partial charge on any atom is -0.0616 e. The van der Waals surface area contributed by atoms with Crippen molar-refractivity contribution in [2.45, 2.75) is 0 Å². The van der Waals surface area contributed by atoms with Crippen LogP contribution in [0.4, 0.5) is 0 Å². The molecule has 8 aromatic carbocycles. The van der Waals surface area contributed by atoms with Gasteiger partial charge in [-0.1, -0.05) is 78.9 Å². The average molecular weight is 376 g/mol. The van der Waals surface area contributed by atoms with Crippen LogP contribution in [0, 0.1) is 0 Å². The van der Waals surface area contributed by atoms with E-state index in [1.165, 1.54) is 75.4 Å². The van der Waals surface area contributed by atoms with E-state index in [0.29, 0.717) is 0 Å². The van der Waals surface area contributed by atoms with Crippen molar-refractivity contribution in [1.82, 2.24) is 0 Å².